The van der Waals surface area contributed by atoms with E-state index in [1.165, 1.54) is 33.3 Å². The summed E-state index contributed by atoms with van der Waals surface area (Å²) in [5, 5.41) is 11.4. The monoisotopic (exact) mass is 568 g/mol. The smallest absolute Gasteiger partial charge is 0.296 e. The molecule has 9 nitrogen and oxygen atoms in total. The number of hydrogen-bond donors (Lipinski definition) is 1. The van der Waals surface area contributed by atoms with Crippen molar-refractivity contribution < 1.29 is 33.6 Å². The number of aromatic nitrogens is 1. The Bertz CT molecular complexity index is 1350. The fourth-order valence-corrected chi connectivity index (χ4v) is 4.82. The first kappa shape index (κ1) is 26.0. The second kappa shape index (κ2) is 10.9. The number of ketones is 1. The van der Waals surface area contributed by atoms with E-state index in [0.717, 1.165) is 0 Å². The van der Waals surface area contributed by atoms with Crippen LogP contribution in [0.3, 0.4) is 0 Å². The predicted octanol–water partition coefficient (Wildman–Crippen LogP) is 4.50. The lowest BCUT2D eigenvalue weighted by Crippen LogP contribution is -2.29. The molecule has 0 aliphatic carbocycles. The zero-order valence-electron chi connectivity index (χ0n) is 20.6. The third-order valence-corrected chi connectivity index (χ3v) is 6.65. The lowest BCUT2D eigenvalue weighted by Gasteiger charge is -2.26. The van der Waals surface area contributed by atoms with Gasteiger partial charge in [-0.05, 0) is 64.0 Å². The van der Waals surface area contributed by atoms with E-state index in [1.807, 2.05) is 0 Å². The molecule has 2 heterocycles. The Kier molecular flexibility index (Phi) is 7.68. The molecule has 4 rings (SSSR count). The van der Waals surface area contributed by atoms with Crippen LogP contribution in [0, 0.1) is 0 Å². The maximum absolute atomic E-state index is 13.4. The molecule has 1 atom stereocenters. The van der Waals surface area contributed by atoms with Gasteiger partial charge in [0, 0.05) is 11.8 Å². The van der Waals surface area contributed by atoms with Crippen molar-refractivity contribution in [3.8, 4) is 23.0 Å². The van der Waals surface area contributed by atoms with Crippen molar-refractivity contribution in [2.45, 2.75) is 12.6 Å². The molecule has 1 aliphatic rings. The molecule has 1 aliphatic heterocycles. The van der Waals surface area contributed by atoms with Crippen LogP contribution in [0.5, 0.6) is 23.0 Å². The zero-order chi connectivity index (χ0) is 26.7. The lowest BCUT2D eigenvalue weighted by atomic mass is 9.94. The normalized spacial score (nSPS) is 16.6. The highest BCUT2D eigenvalue weighted by molar-refractivity contribution is 9.10. The molecule has 1 aromatic heterocycles. The third kappa shape index (κ3) is 4.84. The molecule has 2 aromatic carbocycles. The molecule has 3 aromatic rings. The number of aliphatic hydroxyl groups excluding tert-OH is 1. The van der Waals surface area contributed by atoms with Crippen molar-refractivity contribution >= 4 is 33.4 Å². The standard InChI is InChI=1S/C27H25BrN2O7/c1-34-19-9-8-15(11-18(19)28)24(31)22-23(16-12-20(35-2)26(37-4)21(13-16)36-3)30(27(33)25(22)32)14-17-7-5-6-10-29-17/h5-13,23,31H,14H2,1-4H3/b24-22+. The number of nitrogens with zero attached hydrogens (tertiary/aromatic N) is 2. The molecule has 1 saturated heterocycles. The average molecular weight is 569 g/mol. The van der Waals surface area contributed by atoms with E-state index in [4.69, 9.17) is 18.9 Å². The van der Waals surface area contributed by atoms with E-state index in [9.17, 15) is 14.7 Å². The Morgan fingerprint density at radius 2 is 1.62 bits per heavy atom. The van der Waals surface area contributed by atoms with Gasteiger partial charge in [0.05, 0.1) is 56.8 Å². The van der Waals surface area contributed by atoms with Gasteiger partial charge in [0.2, 0.25) is 5.75 Å². The fourth-order valence-electron chi connectivity index (χ4n) is 4.28. The summed E-state index contributed by atoms with van der Waals surface area (Å²) < 4.78 is 22.3. The summed E-state index contributed by atoms with van der Waals surface area (Å²) in [7, 11) is 5.95. The molecule has 37 heavy (non-hydrogen) atoms. The highest BCUT2D eigenvalue weighted by atomic mass is 79.9. The van der Waals surface area contributed by atoms with Crippen molar-refractivity contribution in [3.05, 3.63) is 81.6 Å². The van der Waals surface area contributed by atoms with Gasteiger partial charge in [-0.1, -0.05) is 6.07 Å². The quantitative estimate of drug-likeness (QED) is 0.240. The van der Waals surface area contributed by atoms with Crippen LogP contribution >= 0.6 is 15.9 Å². The Morgan fingerprint density at radius 3 is 2.16 bits per heavy atom. The zero-order valence-corrected chi connectivity index (χ0v) is 22.2. The first-order valence-electron chi connectivity index (χ1n) is 11.2. The number of halogens is 1. The van der Waals surface area contributed by atoms with E-state index >= 15 is 0 Å². The molecule has 0 saturated carbocycles. The summed E-state index contributed by atoms with van der Waals surface area (Å²) in [5.41, 5.74) is 1.32. The van der Waals surface area contributed by atoms with Crippen molar-refractivity contribution in [1.29, 1.82) is 0 Å². The number of Topliss-reactive ketones (excluding diaryl/α,β-unsaturated/α-hetero) is 1. The molecule has 192 valence electrons. The molecular formula is C27H25BrN2O7. The van der Waals surface area contributed by atoms with Crippen LogP contribution in [0.2, 0.25) is 0 Å². The minimum Gasteiger partial charge on any atom is -0.507 e. The van der Waals surface area contributed by atoms with Gasteiger partial charge < -0.3 is 29.0 Å². The molecule has 0 radical (unpaired) electrons. The Morgan fingerprint density at radius 1 is 0.946 bits per heavy atom. The minimum atomic E-state index is -0.961. The summed E-state index contributed by atoms with van der Waals surface area (Å²) in [4.78, 5) is 32.4. The molecule has 0 spiro atoms. The lowest BCUT2D eigenvalue weighted by molar-refractivity contribution is -0.140. The van der Waals surface area contributed by atoms with Crippen molar-refractivity contribution in [2.75, 3.05) is 28.4 Å². The molecular weight excluding hydrogens is 544 g/mol. The maximum atomic E-state index is 13.4. The summed E-state index contributed by atoms with van der Waals surface area (Å²) in [5.74, 6) is -0.329. The molecule has 0 bridgehead atoms. The number of benzene rings is 2. The number of likely N-dealkylation sites (tertiary alicyclic amines) is 1. The number of rotatable bonds is 8. The van der Waals surface area contributed by atoms with E-state index in [1.54, 1.807) is 54.7 Å². The summed E-state index contributed by atoms with van der Waals surface area (Å²) in [6.45, 7) is 0.0375. The highest BCUT2D eigenvalue weighted by Crippen LogP contribution is 2.46. The largest absolute Gasteiger partial charge is 0.507 e. The Hall–Kier alpha value is -4.05. The number of carbonyl (C=O) groups is 2. The van der Waals surface area contributed by atoms with Crippen LogP contribution in [0.25, 0.3) is 5.76 Å². The van der Waals surface area contributed by atoms with Crippen molar-refractivity contribution in [1.82, 2.24) is 9.88 Å². The first-order chi connectivity index (χ1) is 17.8. The van der Waals surface area contributed by atoms with Crippen molar-refractivity contribution in [3.63, 3.8) is 0 Å². The van der Waals surface area contributed by atoms with Crippen molar-refractivity contribution in [2.24, 2.45) is 0 Å². The van der Waals surface area contributed by atoms with E-state index in [2.05, 4.69) is 20.9 Å². The van der Waals surface area contributed by atoms with Gasteiger partial charge in [0.1, 0.15) is 11.5 Å². The summed E-state index contributed by atoms with van der Waals surface area (Å²) >= 11 is 3.40. The number of ether oxygens (including phenoxy) is 4. The number of carbonyl (C=O) groups excluding carboxylic acids is 2. The van der Waals surface area contributed by atoms with Gasteiger partial charge in [0.25, 0.3) is 11.7 Å². The molecule has 10 heteroatoms. The molecule has 1 N–H and O–H groups in total. The van der Waals surface area contributed by atoms with Gasteiger partial charge in [0.15, 0.2) is 11.5 Å². The SMILES string of the molecule is COc1ccc(/C(O)=C2\C(=O)C(=O)N(Cc3ccccn3)C2c2cc(OC)c(OC)c(OC)c2)cc1Br. The second-order valence-electron chi connectivity index (χ2n) is 8.06. The van der Waals surface area contributed by atoms with Crippen LogP contribution < -0.4 is 18.9 Å². The summed E-state index contributed by atoms with van der Waals surface area (Å²) in [6.07, 6.45) is 1.61. The number of pyridine rings is 1. The van der Waals surface area contributed by atoms with Gasteiger partial charge in [-0.3, -0.25) is 14.6 Å². The fraction of sp³-hybridized carbons (Fsp3) is 0.222. The van der Waals surface area contributed by atoms with Gasteiger partial charge in [-0.25, -0.2) is 0 Å². The molecule has 1 amide bonds. The van der Waals surface area contributed by atoms with E-state index in [0.29, 0.717) is 44.3 Å². The van der Waals surface area contributed by atoms with Gasteiger partial charge in [-0.2, -0.15) is 0 Å². The molecule has 1 unspecified atom stereocenters. The van der Waals surface area contributed by atoms with Gasteiger partial charge >= 0.3 is 0 Å². The van der Waals surface area contributed by atoms with Crippen LogP contribution in [0.15, 0.2) is 64.8 Å². The molecule has 1 fully saturated rings. The highest BCUT2D eigenvalue weighted by Gasteiger charge is 2.46. The van der Waals surface area contributed by atoms with Crippen LogP contribution in [0.1, 0.15) is 22.9 Å². The number of methoxy groups -OCH3 is 4. The van der Waals surface area contributed by atoms with Crippen LogP contribution in [-0.4, -0.2) is 55.1 Å². The topological polar surface area (TPSA) is 107 Å². The second-order valence-corrected chi connectivity index (χ2v) is 8.91. The number of aliphatic hydroxyl groups is 1. The van der Waals surface area contributed by atoms with E-state index in [-0.39, 0.29) is 17.9 Å². The van der Waals surface area contributed by atoms with Gasteiger partial charge in [-0.15, -0.1) is 0 Å². The van der Waals surface area contributed by atoms with Crippen LogP contribution in [0.4, 0.5) is 0 Å². The minimum absolute atomic E-state index is 0.0375. The number of hydrogen-bond acceptors (Lipinski definition) is 8. The Balaban J connectivity index is 1.95. The average Bonchev–Trinajstić information content (AvgIpc) is 3.17. The maximum Gasteiger partial charge on any atom is 0.296 e. The number of amides is 1. The third-order valence-electron chi connectivity index (χ3n) is 6.03. The predicted molar refractivity (Wildman–Crippen MR) is 139 cm³/mol. The van der Waals surface area contributed by atoms with E-state index < -0.39 is 17.7 Å². The van der Waals surface area contributed by atoms with Crippen LogP contribution in [-0.2, 0) is 16.1 Å². The first-order valence-corrected chi connectivity index (χ1v) is 12.0. The Labute approximate surface area is 222 Å². The summed E-state index contributed by atoms with van der Waals surface area (Å²) in [6, 6.07) is 12.5.